The Morgan fingerprint density at radius 2 is 1.73 bits per heavy atom. The van der Waals surface area contributed by atoms with Crippen LogP contribution in [0.15, 0.2) is 42.5 Å². The molecular formula is C18H17ClFNO. The lowest BCUT2D eigenvalue weighted by Crippen LogP contribution is -2.33. The van der Waals surface area contributed by atoms with Crippen LogP contribution in [-0.2, 0) is 11.3 Å². The van der Waals surface area contributed by atoms with E-state index in [9.17, 15) is 9.18 Å². The molecule has 0 bridgehead atoms. The minimum Gasteiger partial charge on any atom is -0.300 e. The van der Waals surface area contributed by atoms with Crippen molar-refractivity contribution in [3.8, 4) is 11.1 Å². The number of benzene rings is 2. The van der Waals surface area contributed by atoms with Crippen LogP contribution < -0.4 is 0 Å². The number of hydrogen-bond donors (Lipinski definition) is 0. The Hall–Kier alpha value is -1.71. The van der Waals surface area contributed by atoms with Crippen LogP contribution in [0.2, 0.25) is 5.02 Å². The summed E-state index contributed by atoms with van der Waals surface area (Å²) in [6.07, 6.45) is 1.12. The molecule has 0 N–H and O–H groups in total. The Bertz CT molecular complexity index is 674. The summed E-state index contributed by atoms with van der Waals surface area (Å²) in [5.41, 5.74) is 2.51. The second-order valence-electron chi connectivity index (χ2n) is 5.59. The molecule has 4 heteroatoms. The maximum Gasteiger partial charge on any atom is 0.135 e. The highest BCUT2D eigenvalue weighted by Crippen LogP contribution is 2.28. The maximum atomic E-state index is 14.3. The molecule has 1 aliphatic heterocycles. The molecule has 0 aliphatic carbocycles. The fraction of sp³-hybridized carbons (Fsp3) is 0.278. The molecule has 2 aromatic rings. The van der Waals surface area contributed by atoms with E-state index in [0.717, 1.165) is 11.1 Å². The summed E-state index contributed by atoms with van der Waals surface area (Å²) >= 11 is 5.93. The number of hydrogen-bond acceptors (Lipinski definition) is 2. The van der Waals surface area contributed by atoms with Gasteiger partial charge in [-0.15, -0.1) is 0 Å². The number of carbonyl (C=O) groups is 1. The summed E-state index contributed by atoms with van der Waals surface area (Å²) in [6, 6.07) is 12.6. The highest BCUT2D eigenvalue weighted by atomic mass is 35.5. The number of ketones is 1. The first kappa shape index (κ1) is 15.2. The van der Waals surface area contributed by atoms with Crippen LogP contribution in [0.25, 0.3) is 11.1 Å². The van der Waals surface area contributed by atoms with Crippen LogP contribution in [0, 0.1) is 5.82 Å². The Kier molecular flexibility index (Phi) is 4.55. The zero-order chi connectivity index (χ0) is 15.5. The van der Waals surface area contributed by atoms with Crippen LogP contribution in [-0.4, -0.2) is 23.8 Å². The molecule has 1 aliphatic rings. The predicted molar refractivity (Wildman–Crippen MR) is 86.4 cm³/mol. The lowest BCUT2D eigenvalue weighted by atomic mass is 9.98. The van der Waals surface area contributed by atoms with E-state index in [1.54, 1.807) is 6.07 Å². The maximum absolute atomic E-state index is 14.3. The van der Waals surface area contributed by atoms with Crippen molar-refractivity contribution in [2.75, 3.05) is 13.1 Å². The highest BCUT2D eigenvalue weighted by Gasteiger charge is 2.19. The standard InChI is InChI=1S/C18H17ClFNO/c19-14-6-4-13(5-7-14)16-2-1-3-18(20)17(16)12-21-10-8-15(22)9-11-21/h1-7H,8-12H2. The third-order valence-corrected chi connectivity index (χ3v) is 4.32. The quantitative estimate of drug-likeness (QED) is 0.840. The number of carbonyl (C=O) groups excluding carboxylic acids is 1. The molecule has 3 rings (SSSR count). The summed E-state index contributed by atoms with van der Waals surface area (Å²) in [5, 5.41) is 0.663. The van der Waals surface area contributed by atoms with E-state index in [0.29, 0.717) is 48.8 Å². The second-order valence-corrected chi connectivity index (χ2v) is 6.02. The molecule has 2 aromatic carbocycles. The summed E-state index contributed by atoms with van der Waals surface area (Å²) in [5.74, 6) is 0.0899. The van der Waals surface area contributed by atoms with Crippen molar-refractivity contribution in [1.82, 2.24) is 4.90 Å². The second kappa shape index (κ2) is 6.59. The third-order valence-electron chi connectivity index (χ3n) is 4.07. The zero-order valence-electron chi connectivity index (χ0n) is 12.2. The van der Waals surface area contributed by atoms with E-state index < -0.39 is 0 Å². The van der Waals surface area contributed by atoms with Gasteiger partial charge in [0.05, 0.1) is 0 Å². The smallest absolute Gasteiger partial charge is 0.135 e. The van der Waals surface area contributed by atoms with Crippen molar-refractivity contribution >= 4 is 17.4 Å². The van der Waals surface area contributed by atoms with E-state index in [1.807, 2.05) is 30.3 Å². The van der Waals surface area contributed by atoms with Crippen molar-refractivity contribution in [3.63, 3.8) is 0 Å². The summed E-state index contributed by atoms with van der Waals surface area (Å²) in [4.78, 5) is 13.5. The van der Waals surface area contributed by atoms with E-state index >= 15 is 0 Å². The molecule has 1 saturated heterocycles. The zero-order valence-corrected chi connectivity index (χ0v) is 12.9. The molecule has 2 nitrogen and oxygen atoms in total. The molecule has 1 heterocycles. The molecule has 0 saturated carbocycles. The number of likely N-dealkylation sites (tertiary alicyclic amines) is 1. The first-order valence-electron chi connectivity index (χ1n) is 7.41. The Balaban J connectivity index is 1.89. The minimum absolute atomic E-state index is 0.204. The van der Waals surface area contributed by atoms with E-state index in [-0.39, 0.29) is 5.82 Å². The summed E-state index contributed by atoms with van der Waals surface area (Å²) < 4.78 is 14.3. The Labute approximate surface area is 134 Å². The lowest BCUT2D eigenvalue weighted by molar-refractivity contribution is -0.121. The molecule has 0 atom stereocenters. The third kappa shape index (κ3) is 3.37. The van der Waals surface area contributed by atoms with E-state index in [4.69, 9.17) is 11.6 Å². The van der Waals surface area contributed by atoms with Gasteiger partial charge in [-0.1, -0.05) is 35.9 Å². The van der Waals surface area contributed by atoms with Gasteiger partial charge in [0.15, 0.2) is 0 Å². The average Bonchev–Trinajstić information content (AvgIpc) is 2.52. The fourth-order valence-electron chi connectivity index (χ4n) is 2.80. The molecular weight excluding hydrogens is 301 g/mol. The van der Waals surface area contributed by atoms with Crippen molar-refractivity contribution in [2.45, 2.75) is 19.4 Å². The lowest BCUT2D eigenvalue weighted by Gasteiger charge is -2.27. The molecule has 22 heavy (non-hydrogen) atoms. The Morgan fingerprint density at radius 1 is 1.05 bits per heavy atom. The Morgan fingerprint density at radius 3 is 2.41 bits per heavy atom. The molecule has 0 amide bonds. The first-order chi connectivity index (χ1) is 10.6. The highest BCUT2D eigenvalue weighted by molar-refractivity contribution is 6.30. The largest absolute Gasteiger partial charge is 0.300 e. The van der Waals surface area contributed by atoms with Crippen LogP contribution >= 0.6 is 11.6 Å². The normalized spacial score (nSPS) is 16.0. The van der Waals surface area contributed by atoms with Crippen LogP contribution in [0.1, 0.15) is 18.4 Å². The van der Waals surface area contributed by atoms with Crippen molar-refractivity contribution in [2.24, 2.45) is 0 Å². The molecule has 114 valence electrons. The van der Waals surface area contributed by atoms with Gasteiger partial charge >= 0.3 is 0 Å². The van der Waals surface area contributed by atoms with Gasteiger partial charge in [0.25, 0.3) is 0 Å². The van der Waals surface area contributed by atoms with Crippen LogP contribution in [0.5, 0.6) is 0 Å². The number of Topliss-reactive ketones (excluding diaryl/α,β-unsaturated/α-hetero) is 1. The van der Waals surface area contributed by atoms with Crippen LogP contribution in [0.3, 0.4) is 0 Å². The number of piperidine rings is 1. The van der Waals surface area contributed by atoms with Gasteiger partial charge in [0, 0.05) is 43.1 Å². The van der Waals surface area contributed by atoms with Gasteiger partial charge in [0.1, 0.15) is 11.6 Å². The molecule has 0 aromatic heterocycles. The molecule has 0 unspecified atom stereocenters. The van der Waals surface area contributed by atoms with Gasteiger partial charge in [-0.2, -0.15) is 0 Å². The van der Waals surface area contributed by atoms with Gasteiger partial charge in [-0.05, 0) is 29.3 Å². The van der Waals surface area contributed by atoms with E-state index in [2.05, 4.69) is 4.90 Å². The predicted octanol–water partition coefficient (Wildman–Crippen LogP) is 4.31. The number of rotatable bonds is 3. The van der Waals surface area contributed by atoms with Gasteiger partial charge < -0.3 is 0 Å². The van der Waals surface area contributed by atoms with Gasteiger partial charge in [-0.3, -0.25) is 9.69 Å². The molecule has 0 radical (unpaired) electrons. The SMILES string of the molecule is O=C1CCN(Cc2c(F)cccc2-c2ccc(Cl)cc2)CC1. The fourth-order valence-corrected chi connectivity index (χ4v) is 2.93. The van der Waals surface area contributed by atoms with Crippen molar-refractivity contribution < 1.29 is 9.18 Å². The van der Waals surface area contributed by atoms with Gasteiger partial charge in [-0.25, -0.2) is 4.39 Å². The van der Waals surface area contributed by atoms with Crippen LogP contribution in [0.4, 0.5) is 4.39 Å². The average molecular weight is 318 g/mol. The molecule has 1 fully saturated rings. The van der Waals surface area contributed by atoms with Crippen molar-refractivity contribution in [3.05, 3.63) is 58.9 Å². The number of halogens is 2. The summed E-state index contributed by atoms with van der Waals surface area (Å²) in [7, 11) is 0. The topological polar surface area (TPSA) is 20.3 Å². The monoisotopic (exact) mass is 317 g/mol. The molecule has 0 spiro atoms. The summed E-state index contributed by atoms with van der Waals surface area (Å²) in [6.45, 7) is 1.93. The van der Waals surface area contributed by atoms with E-state index in [1.165, 1.54) is 6.07 Å². The minimum atomic E-state index is -0.204. The van der Waals surface area contributed by atoms with Gasteiger partial charge in [0.2, 0.25) is 0 Å². The van der Waals surface area contributed by atoms with Crippen molar-refractivity contribution in [1.29, 1.82) is 0 Å². The number of nitrogens with zero attached hydrogens (tertiary/aromatic N) is 1. The first-order valence-corrected chi connectivity index (χ1v) is 7.78.